The van der Waals surface area contributed by atoms with Crippen molar-refractivity contribution in [3.05, 3.63) is 230 Å². The first kappa shape index (κ1) is 35.9. The molecule has 0 nitrogen and oxygen atoms in total. The quantitative estimate of drug-likeness (QED) is 0.123. The summed E-state index contributed by atoms with van der Waals surface area (Å²) in [5.74, 6) is 0. The molecule has 0 N–H and O–H groups in total. The third-order valence-electron chi connectivity index (χ3n) is 14.2. The molecule has 0 spiro atoms. The van der Waals surface area contributed by atoms with Gasteiger partial charge in [-0.15, -0.1) is 0 Å². The van der Waals surface area contributed by atoms with Crippen LogP contribution in [0.15, 0.2) is 218 Å². The lowest BCUT2D eigenvalue weighted by molar-refractivity contribution is 0.666. The van der Waals surface area contributed by atoms with Gasteiger partial charge in [-0.1, -0.05) is 226 Å². The maximum Gasteiger partial charge on any atom is 0.0165 e. The highest BCUT2D eigenvalue weighted by Gasteiger charge is 2.39. The maximum atomic E-state index is 2.41. The highest BCUT2D eigenvalue weighted by atomic mass is 14.4. The van der Waals surface area contributed by atoms with Gasteiger partial charge in [-0.05, 0) is 137 Å². The molecule has 0 heterocycles. The van der Waals surface area contributed by atoms with Gasteiger partial charge in [0, 0.05) is 5.41 Å². The van der Waals surface area contributed by atoms with Crippen molar-refractivity contribution in [1.82, 2.24) is 0 Å². The van der Waals surface area contributed by atoms with Crippen LogP contribution in [0.1, 0.15) is 25.0 Å². The third kappa shape index (κ3) is 5.16. The molecule has 294 valence electrons. The van der Waals surface area contributed by atoms with E-state index in [0.29, 0.717) is 0 Å². The van der Waals surface area contributed by atoms with Crippen molar-refractivity contribution in [2.45, 2.75) is 19.3 Å². The minimum Gasteiger partial charge on any atom is -0.0616 e. The van der Waals surface area contributed by atoms with Crippen LogP contribution in [0, 0.1) is 0 Å². The Kier molecular flexibility index (Phi) is 7.75. The lowest BCUT2D eigenvalue weighted by Crippen LogP contribution is -2.15. The molecule has 0 atom stereocenters. The molecule has 0 saturated heterocycles. The van der Waals surface area contributed by atoms with E-state index in [-0.39, 0.29) is 5.41 Å². The molecule has 0 unspecified atom stereocenters. The Balaban J connectivity index is 1.01. The Morgan fingerprint density at radius 2 is 0.683 bits per heavy atom. The van der Waals surface area contributed by atoms with Gasteiger partial charge < -0.3 is 0 Å². The lowest BCUT2D eigenvalue weighted by Gasteiger charge is -2.24. The molecule has 13 rings (SSSR count). The predicted molar refractivity (Wildman–Crippen MR) is 271 cm³/mol. The molecule has 0 aromatic heterocycles. The normalized spacial score (nSPS) is 13.0. The predicted octanol–water partition coefficient (Wildman–Crippen LogP) is 17.6. The summed E-state index contributed by atoms with van der Waals surface area (Å²) in [6.07, 6.45) is 0. The highest BCUT2D eigenvalue weighted by Crippen LogP contribution is 2.57. The Hall–Kier alpha value is -7.80. The Bertz CT molecular complexity index is 3810. The van der Waals surface area contributed by atoms with Crippen LogP contribution in [0.25, 0.3) is 120 Å². The Morgan fingerprint density at radius 1 is 0.254 bits per heavy atom. The summed E-state index contributed by atoms with van der Waals surface area (Å²) >= 11 is 0. The van der Waals surface area contributed by atoms with Crippen LogP contribution >= 0.6 is 0 Å². The first-order valence-corrected chi connectivity index (χ1v) is 22.2. The van der Waals surface area contributed by atoms with Gasteiger partial charge in [0.25, 0.3) is 0 Å². The van der Waals surface area contributed by atoms with Gasteiger partial charge in [-0.25, -0.2) is 0 Å². The highest BCUT2D eigenvalue weighted by molar-refractivity contribution is 6.24. The van der Waals surface area contributed by atoms with Gasteiger partial charge in [0.1, 0.15) is 0 Å². The molecule has 63 heavy (non-hydrogen) atoms. The van der Waals surface area contributed by atoms with Crippen LogP contribution in [-0.2, 0) is 5.41 Å². The molecule has 0 heteroatoms. The summed E-state index contributed by atoms with van der Waals surface area (Å²) in [7, 11) is 0. The van der Waals surface area contributed by atoms with Gasteiger partial charge in [-0.2, -0.15) is 0 Å². The molecule has 0 fully saturated rings. The van der Waals surface area contributed by atoms with Crippen molar-refractivity contribution in [3.8, 4) is 55.6 Å². The molecular weight excluding hydrogens is 757 g/mol. The van der Waals surface area contributed by atoms with Crippen LogP contribution in [0.3, 0.4) is 0 Å². The summed E-state index contributed by atoms with van der Waals surface area (Å²) in [4.78, 5) is 0. The number of rotatable bonds is 4. The van der Waals surface area contributed by atoms with Gasteiger partial charge in [0.2, 0.25) is 0 Å². The van der Waals surface area contributed by atoms with E-state index < -0.39 is 0 Å². The molecule has 1 aliphatic carbocycles. The van der Waals surface area contributed by atoms with E-state index in [1.54, 1.807) is 0 Å². The summed E-state index contributed by atoms with van der Waals surface area (Å²) in [5.41, 5.74) is 15.5. The van der Waals surface area contributed by atoms with Gasteiger partial charge in [-0.3, -0.25) is 0 Å². The van der Waals surface area contributed by atoms with Crippen LogP contribution in [0.2, 0.25) is 0 Å². The van der Waals surface area contributed by atoms with E-state index in [1.807, 2.05) is 0 Å². The van der Waals surface area contributed by atoms with Crippen molar-refractivity contribution < 1.29 is 0 Å². The molecular formula is C63H42. The molecule has 0 saturated carbocycles. The topological polar surface area (TPSA) is 0 Å². The van der Waals surface area contributed by atoms with Crippen molar-refractivity contribution in [2.24, 2.45) is 0 Å². The molecule has 0 amide bonds. The fraction of sp³-hybridized carbons (Fsp3) is 0.0476. The fourth-order valence-electron chi connectivity index (χ4n) is 11.5. The van der Waals surface area contributed by atoms with Crippen LogP contribution in [0.4, 0.5) is 0 Å². The zero-order chi connectivity index (χ0) is 41.8. The minimum absolute atomic E-state index is 0.149. The number of hydrogen-bond donors (Lipinski definition) is 0. The first-order valence-electron chi connectivity index (χ1n) is 22.2. The van der Waals surface area contributed by atoms with Gasteiger partial charge in [0.05, 0.1) is 0 Å². The van der Waals surface area contributed by atoms with Gasteiger partial charge >= 0.3 is 0 Å². The maximum absolute atomic E-state index is 2.41. The lowest BCUT2D eigenvalue weighted by atomic mass is 9.79. The number of benzene rings is 12. The Morgan fingerprint density at radius 3 is 1.32 bits per heavy atom. The Labute approximate surface area is 367 Å². The molecule has 0 bridgehead atoms. The van der Waals surface area contributed by atoms with E-state index in [0.717, 1.165) is 0 Å². The van der Waals surface area contributed by atoms with E-state index in [4.69, 9.17) is 0 Å². The molecule has 12 aromatic rings. The minimum atomic E-state index is -0.149. The van der Waals surface area contributed by atoms with E-state index >= 15 is 0 Å². The summed E-state index contributed by atoms with van der Waals surface area (Å²) in [6, 6.07) is 81.5. The van der Waals surface area contributed by atoms with E-state index in [1.165, 1.54) is 131 Å². The van der Waals surface area contributed by atoms with Gasteiger partial charge in [0.15, 0.2) is 0 Å². The zero-order valence-electron chi connectivity index (χ0n) is 35.3. The summed E-state index contributed by atoms with van der Waals surface area (Å²) in [6.45, 7) is 4.82. The molecule has 12 aromatic carbocycles. The summed E-state index contributed by atoms with van der Waals surface area (Å²) in [5, 5.41) is 15.4. The van der Waals surface area contributed by atoms with Crippen molar-refractivity contribution in [3.63, 3.8) is 0 Å². The average Bonchev–Trinajstić information content (AvgIpc) is 3.60. The van der Waals surface area contributed by atoms with Crippen LogP contribution in [-0.4, -0.2) is 0 Å². The van der Waals surface area contributed by atoms with Crippen molar-refractivity contribution in [1.29, 1.82) is 0 Å². The van der Waals surface area contributed by atoms with Crippen LogP contribution in [0.5, 0.6) is 0 Å². The first-order chi connectivity index (χ1) is 31.1. The van der Waals surface area contributed by atoms with E-state index in [2.05, 4.69) is 232 Å². The SMILES string of the molecule is CC1(C)c2cccc(-c3ccc(-c4c5ccccc5c(-c5ccccc5-c5cc6ccccc6c6ccccc56)c5ccccc45)cc3)c2-c2c1c1ccccc1c1ccccc21. The molecule has 1 aliphatic rings. The molecule has 0 aliphatic heterocycles. The second kappa shape index (κ2) is 13.6. The third-order valence-corrected chi connectivity index (χ3v) is 14.2. The van der Waals surface area contributed by atoms with Crippen molar-refractivity contribution in [2.75, 3.05) is 0 Å². The summed E-state index contributed by atoms with van der Waals surface area (Å²) < 4.78 is 0. The number of hydrogen-bond acceptors (Lipinski definition) is 0. The fourth-order valence-corrected chi connectivity index (χ4v) is 11.5. The number of fused-ring (bicyclic) bond motifs is 13. The average molecular weight is 799 g/mol. The second-order valence-electron chi connectivity index (χ2n) is 17.8. The zero-order valence-corrected chi connectivity index (χ0v) is 35.3. The van der Waals surface area contributed by atoms with Crippen molar-refractivity contribution >= 4 is 64.6 Å². The smallest absolute Gasteiger partial charge is 0.0165 e. The second-order valence-corrected chi connectivity index (χ2v) is 17.8. The largest absolute Gasteiger partial charge is 0.0616 e. The van der Waals surface area contributed by atoms with E-state index in [9.17, 15) is 0 Å². The standard InChI is InChI=1S/C63H42/c1-63(2)57-33-17-32-43(60(57)61-50-26-11-7-21-45(50)46-22-9-16-31-55(46)62(61)63)39-34-36-40(37-35-39)58-51-27-12-14-29-53(51)59(54-30-15-13-28-52(54)58)49-25-10-8-24-48(49)56-38-41-18-3-4-19-42(41)44-20-5-6-23-47(44)56/h3-38H,1-2H3. The van der Waals surface area contributed by atoms with Crippen LogP contribution < -0.4 is 0 Å². The molecule has 0 radical (unpaired) electrons. The monoisotopic (exact) mass is 798 g/mol.